The van der Waals surface area contributed by atoms with Crippen LogP contribution in [0.15, 0.2) is 24.3 Å². The van der Waals surface area contributed by atoms with Crippen molar-refractivity contribution in [3.63, 3.8) is 0 Å². The van der Waals surface area contributed by atoms with Crippen LogP contribution in [0.25, 0.3) is 0 Å². The Bertz CT molecular complexity index is 836. The number of aromatic nitrogens is 1. The Morgan fingerprint density at radius 3 is 2.77 bits per heavy atom. The monoisotopic (exact) mass is 432 g/mol. The zero-order valence-corrected chi connectivity index (χ0v) is 18.7. The van der Waals surface area contributed by atoms with E-state index in [9.17, 15) is 9.50 Å². The van der Waals surface area contributed by atoms with Gasteiger partial charge >= 0.3 is 0 Å². The first-order valence-corrected chi connectivity index (χ1v) is 12.2. The molecule has 1 aromatic carbocycles. The summed E-state index contributed by atoms with van der Waals surface area (Å²) in [7, 11) is 0. The predicted octanol–water partition coefficient (Wildman–Crippen LogP) is 5.22. The number of rotatable bonds is 6. The standard InChI is InChI=1S/C24H33FN2O2S/c1-18-22(12-17-29-21-11-6-5-10-20(21)25)30-23(26-18)24(28)13-7-15-27(16-14-24)19-8-3-2-4-9-19/h5-6,10-11,19,28H,2-4,7-9,12-17H2,1H3. The summed E-state index contributed by atoms with van der Waals surface area (Å²) in [6.07, 6.45) is 9.87. The molecular weight excluding hydrogens is 399 g/mol. The minimum absolute atomic E-state index is 0.282. The van der Waals surface area contributed by atoms with Crippen molar-refractivity contribution in [2.24, 2.45) is 0 Å². The van der Waals surface area contributed by atoms with Crippen molar-refractivity contribution in [2.45, 2.75) is 76.4 Å². The number of thiazole rings is 1. The zero-order chi connectivity index (χ0) is 21.0. The Kier molecular flexibility index (Phi) is 7.06. The van der Waals surface area contributed by atoms with Gasteiger partial charge in [-0.15, -0.1) is 11.3 Å². The van der Waals surface area contributed by atoms with Gasteiger partial charge in [0.05, 0.1) is 12.3 Å². The third-order valence-electron chi connectivity index (χ3n) is 6.65. The topological polar surface area (TPSA) is 45.6 Å². The first-order chi connectivity index (χ1) is 14.5. The maximum absolute atomic E-state index is 13.7. The molecule has 1 saturated carbocycles. The fourth-order valence-electron chi connectivity index (χ4n) is 4.84. The lowest BCUT2D eigenvalue weighted by atomic mass is 9.93. The van der Waals surface area contributed by atoms with E-state index in [0.29, 0.717) is 19.1 Å². The normalized spacial score (nSPS) is 24.0. The Morgan fingerprint density at radius 1 is 1.17 bits per heavy atom. The van der Waals surface area contributed by atoms with Gasteiger partial charge in [0.1, 0.15) is 10.6 Å². The van der Waals surface area contributed by atoms with E-state index in [-0.39, 0.29) is 11.6 Å². The number of hydrogen-bond donors (Lipinski definition) is 1. The highest BCUT2D eigenvalue weighted by Crippen LogP contribution is 2.38. The molecule has 30 heavy (non-hydrogen) atoms. The summed E-state index contributed by atoms with van der Waals surface area (Å²) in [6.45, 7) is 4.43. The number of nitrogens with zero attached hydrogens (tertiary/aromatic N) is 2. The smallest absolute Gasteiger partial charge is 0.165 e. The second kappa shape index (κ2) is 9.75. The van der Waals surface area contributed by atoms with Gasteiger partial charge < -0.3 is 14.7 Å². The second-order valence-electron chi connectivity index (χ2n) is 8.77. The van der Waals surface area contributed by atoms with Gasteiger partial charge in [0, 0.05) is 23.9 Å². The van der Waals surface area contributed by atoms with Crippen molar-refractivity contribution < 1.29 is 14.2 Å². The van der Waals surface area contributed by atoms with Crippen LogP contribution in [-0.4, -0.2) is 40.7 Å². The molecule has 1 aliphatic carbocycles. The maximum atomic E-state index is 13.7. The molecule has 0 radical (unpaired) electrons. The summed E-state index contributed by atoms with van der Waals surface area (Å²) in [5.74, 6) is -0.0559. The molecule has 164 valence electrons. The van der Waals surface area contributed by atoms with Crippen molar-refractivity contribution in [3.8, 4) is 5.75 Å². The van der Waals surface area contributed by atoms with Crippen molar-refractivity contribution >= 4 is 11.3 Å². The van der Waals surface area contributed by atoms with E-state index in [4.69, 9.17) is 9.72 Å². The van der Waals surface area contributed by atoms with Crippen molar-refractivity contribution in [2.75, 3.05) is 19.7 Å². The lowest BCUT2D eigenvalue weighted by molar-refractivity contribution is 0.0188. The molecule has 1 unspecified atom stereocenters. The molecule has 2 aliphatic rings. The van der Waals surface area contributed by atoms with Crippen LogP contribution >= 0.6 is 11.3 Å². The van der Waals surface area contributed by atoms with E-state index in [2.05, 4.69) is 4.90 Å². The number of ether oxygens (including phenoxy) is 1. The Morgan fingerprint density at radius 2 is 1.97 bits per heavy atom. The molecule has 1 atom stereocenters. The minimum atomic E-state index is -0.830. The van der Waals surface area contributed by atoms with Crippen molar-refractivity contribution in [1.29, 1.82) is 0 Å². The third-order valence-corrected chi connectivity index (χ3v) is 8.06. The van der Waals surface area contributed by atoms with Crippen LogP contribution in [0.3, 0.4) is 0 Å². The fourth-order valence-corrected chi connectivity index (χ4v) is 6.03. The van der Waals surface area contributed by atoms with E-state index < -0.39 is 5.60 Å². The highest BCUT2D eigenvalue weighted by molar-refractivity contribution is 7.11. The molecule has 1 aromatic heterocycles. The van der Waals surface area contributed by atoms with E-state index in [1.807, 2.05) is 6.92 Å². The molecule has 1 aliphatic heterocycles. The van der Waals surface area contributed by atoms with Gasteiger partial charge in [-0.25, -0.2) is 9.37 Å². The molecule has 0 spiro atoms. The van der Waals surface area contributed by atoms with Gasteiger partial charge in [-0.2, -0.15) is 0 Å². The molecule has 1 N–H and O–H groups in total. The lowest BCUT2D eigenvalue weighted by Crippen LogP contribution is -2.38. The second-order valence-corrected chi connectivity index (χ2v) is 9.85. The molecule has 2 aromatic rings. The van der Waals surface area contributed by atoms with Crippen molar-refractivity contribution in [3.05, 3.63) is 45.7 Å². The Hall–Kier alpha value is -1.50. The molecule has 6 heteroatoms. The summed E-state index contributed by atoms with van der Waals surface area (Å²) in [4.78, 5) is 8.47. The summed E-state index contributed by atoms with van der Waals surface area (Å²) in [5.41, 5.74) is 0.123. The molecule has 2 heterocycles. The van der Waals surface area contributed by atoms with Crippen LogP contribution in [-0.2, 0) is 12.0 Å². The van der Waals surface area contributed by atoms with E-state index in [1.54, 1.807) is 29.5 Å². The van der Waals surface area contributed by atoms with Crippen LogP contribution in [0.5, 0.6) is 5.75 Å². The van der Waals surface area contributed by atoms with Crippen LogP contribution in [0.4, 0.5) is 4.39 Å². The number of benzene rings is 1. The highest BCUT2D eigenvalue weighted by atomic mass is 32.1. The number of likely N-dealkylation sites (tertiary alicyclic amines) is 1. The molecule has 0 amide bonds. The number of hydrogen-bond acceptors (Lipinski definition) is 5. The number of para-hydroxylation sites is 1. The summed E-state index contributed by atoms with van der Waals surface area (Å²) in [6, 6.07) is 7.18. The minimum Gasteiger partial charge on any atom is -0.490 e. The first-order valence-electron chi connectivity index (χ1n) is 11.4. The van der Waals surface area contributed by atoms with Gasteiger partial charge in [-0.1, -0.05) is 31.4 Å². The van der Waals surface area contributed by atoms with Crippen LogP contribution in [0.1, 0.15) is 66.9 Å². The third kappa shape index (κ3) is 5.04. The highest BCUT2D eigenvalue weighted by Gasteiger charge is 2.36. The number of halogens is 1. The van der Waals surface area contributed by atoms with Gasteiger partial charge in [0.25, 0.3) is 0 Å². The lowest BCUT2D eigenvalue weighted by Gasteiger charge is -2.33. The number of aliphatic hydroxyl groups is 1. The molecule has 4 rings (SSSR count). The van der Waals surface area contributed by atoms with Gasteiger partial charge in [-0.3, -0.25) is 0 Å². The van der Waals surface area contributed by atoms with Gasteiger partial charge in [0.15, 0.2) is 11.6 Å². The quantitative estimate of drug-likeness (QED) is 0.680. The summed E-state index contributed by atoms with van der Waals surface area (Å²) < 4.78 is 19.3. The molecule has 0 bridgehead atoms. The SMILES string of the molecule is Cc1nc(C2(O)CCCN(C3CCCCC3)CC2)sc1CCOc1ccccc1F. The van der Waals surface area contributed by atoms with Gasteiger partial charge in [0.2, 0.25) is 0 Å². The van der Waals surface area contributed by atoms with Crippen molar-refractivity contribution in [1.82, 2.24) is 9.88 Å². The van der Waals surface area contributed by atoms with E-state index >= 15 is 0 Å². The zero-order valence-electron chi connectivity index (χ0n) is 17.9. The summed E-state index contributed by atoms with van der Waals surface area (Å²) in [5, 5.41) is 12.3. The largest absolute Gasteiger partial charge is 0.490 e. The van der Waals surface area contributed by atoms with Crippen LogP contribution in [0.2, 0.25) is 0 Å². The average Bonchev–Trinajstić information content (AvgIpc) is 3.01. The Balaban J connectivity index is 1.37. The van der Waals surface area contributed by atoms with Gasteiger partial charge in [-0.05, 0) is 57.7 Å². The molecule has 2 fully saturated rings. The van der Waals surface area contributed by atoms with E-state index in [1.165, 1.54) is 38.2 Å². The summed E-state index contributed by atoms with van der Waals surface area (Å²) >= 11 is 1.60. The molecule has 1 saturated heterocycles. The Labute approximate surface area is 183 Å². The molecule has 4 nitrogen and oxygen atoms in total. The predicted molar refractivity (Wildman–Crippen MR) is 119 cm³/mol. The fraction of sp³-hybridized carbons (Fsp3) is 0.625. The maximum Gasteiger partial charge on any atom is 0.165 e. The van der Waals surface area contributed by atoms with Crippen LogP contribution < -0.4 is 4.74 Å². The first kappa shape index (κ1) is 21.7. The molecular formula is C24H33FN2O2S. The van der Waals surface area contributed by atoms with E-state index in [0.717, 1.165) is 47.9 Å². The van der Waals surface area contributed by atoms with Crippen LogP contribution in [0, 0.1) is 12.7 Å². The average molecular weight is 433 g/mol. The number of aryl methyl sites for hydroxylation is 1.